The molecule has 1 saturated heterocycles. The molecular formula is C14H17NO2. The second kappa shape index (κ2) is 5.15. The van der Waals surface area contributed by atoms with Gasteiger partial charge in [0.05, 0.1) is 0 Å². The number of aryl methyl sites for hydroxylation is 1. The summed E-state index contributed by atoms with van der Waals surface area (Å²) in [5.41, 5.74) is 2.23. The van der Waals surface area contributed by atoms with Crippen LogP contribution in [0.25, 0.3) is 6.08 Å². The van der Waals surface area contributed by atoms with E-state index in [9.17, 15) is 4.79 Å². The van der Waals surface area contributed by atoms with Crippen LogP contribution in [-0.2, 0) is 4.79 Å². The largest absolute Gasteiger partial charge is 0.396 e. The van der Waals surface area contributed by atoms with Gasteiger partial charge in [0.1, 0.15) is 0 Å². The van der Waals surface area contributed by atoms with Gasteiger partial charge in [-0.3, -0.25) is 4.79 Å². The Morgan fingerprint density at radius 2 is 2.18 bits per heavy atom. The van der Waals surface area contributed by atoms with Crippen LogP contribution in [0.4, 0.5) is 0 Å². The van der Waals surface area contributed by atoms with Gasteiger partial charge >= 0.3 is 0 Å². The van der Waals surface area contributed by atoms with Gasteiger partial charge in [0.25, 0.3) is 0 Å². The van der Waals surface area contributed by atoms with Gasteiger partial charge in [-0.15, -0.1) is 0 Å². The number of nitrogens with zero attached hydrogens (tertiary/aromatic N) is 1. The van der Waals surface area contributed by atoms with Gasteiger partial charge in [0, 0.05) is 31.7 Å². The molecular weight excluding hydrogens is 214 g/mol. The van der Waals surface area contributed by atoms with Gasteiger partial charge in [-0.2, -0.15) is 0 Å². The maximum atomic E-state index is 11.7. The van der Waals surface area contributed by atoms with E-state index in [-0.39, 0.29) is 18.4 Å². The fourth-order valence-electron chi connectivity index (χ4n) is 1.91. The van der Waals surface area contributed by atoms with Crippen LogP contribution in [0.5, 0.6) is 0 Å². The Kier molecular flexibility index (Phi) is 3.59. The lowest BCUT2D eigenvalue weighted by Gasteiger charge is -2.37. The van der Waals surface area contributed by atoms with Gasteiger partial charge in [0.15, 0.2) is 0 Å². The Hall–Kier alpha value is -1.61. The average molecular weight is 231 g/mol. The minimum atomic E-state index is 0.0259. The molecule has 0 bridgehead atoms. The Morgan fingerprint density at radius 1 is 1.47 bits per heavy atom. The smallest absolute Gasteiger partial charge is 0.246 e. The summed E-state index contributed by atoms with van der Waals surface area (Å²) in [6, 6.07) is 7.96. The third kappa shape index (κ3) is 2.74. The molecule has 1 aromatic carbocycles. The molecule has 1 fully saturated rings. The van der Waals surface area contributed by atoms with Crippen molar-refractivity contribution in [3.63, 3.8) is 0 Å². The third-order valence-corrected chi connectivity index (χ3v) is 3.12. The van der Waals surface area contributed by atoms with Crippen molar-refractivity contribution >= 4 is 12.0 Å². The molecule has 1 aliphatic heterocycles. The Balaban J connectivity index is 1.93. The molecule has 0 unspecified atom stereocenters. The van der Waals surface area contributed by atoms with Crippen LogP contribution >= 0.6 is 0 Å². The predicted molar refractivity (Wildman–Crippen MR) is 67.4 cm³/mol. The highest BCUT2D eigenvalue weighted by Crippen LogP contribution is 2.16. The van der Waals surface area contributed by atoms with E-state index < -0.39 is 0 Å². The highest BCUT2D eigenvalue weighted by Gasteiger charge is 2.28. The zero-order valence-corrected chi connectivity index (χ0v) is 9.97. The number of benzene rings is 1. The van der Waals surface area contributed by atoms with Crippen LogP contribution in [0.3, 0.4) is 0 Å². The van der Waals surface area contributed by atoms with Crippen LogP contribution < -0.4 is 0 Å². The molecule has 17 heavy (non-hydrogen) atoms. The summed E-state index contributed by atoms with van der Waals surface area (Å²) in [6.07, 6.45) is 3.46. The first-order chi connectivity index (χ1) is 8.20. The summed E-state index contributed by atoms with van der Waals surface area (Å²) in [4.78, 5) is 13.5. The fourth-order valence-corrected chi connectivity index (χ4v) is 1.91. The maximum absolute atomic E-state index is 11.7. The molecule has 0 aliphatic carbocycles. The highest BCUT2D eigenvalue weighted by atomic mass is 16.3. The lowest BCUT2D eigenvalue weighted by atomic mass is 10.0. The van der Waals surface area contributed by atoms with Crippen molar-refractivity contribution < 1.29 is 9.90 Å². The summed E-state index contributed by atoms with van der Waals surface area (Å²) in [7, 11) is 0. The number of rotatable bonds is 3. The van der Waals surface area contributed by atoms with E-state index >= 15 is 0 Å². The van der Waals surface area contributed by atoms with Crippen molar-refractivity contribution in [1.29, 1.82) is 0 Å². The molecule has 1 aromatic rings. The van der Waals surface area contributed by atoms with Crippen molar-refractivity contribution in [2.24, 2.45) is 5.92 Å². The first-order valence-corrected chi connectivity index (χ1v) is 5.84. The molecule has 0 radical (unpaired) electrons. The van der Waals surface area contributed by atoms with Gasteiger partial charge < -0.3 is 10.0 Å². The zero-order chi connectivity index (χ0) is 12.3. The standard InChI is InChI=1S/C14H17NO2/c1-11-4-2-3-5-13(11)6-7-14(17)15-8-12(9-15)10-16/h2-7,12,16H,8-10H2,1H3. The molecule has 1 heterocycles. The number of hydrogen-bond donors (Lipinski definition) is 1. The van der Waals surface area contributed by atoms with Crippen molar-refractivity contribution in [2.45, 2.75) is 6.92 Å². The average Bonchev–Trinajstić information content (AvgIpc) is 2.26. The van der Waals surface area contributed by atoms with Crippen LogP contribution in [0.2, 0.25) is 0 Å². The molecule has 0 spiro atoms. The summed E-state index contributed by atoms with van der Waals surface area (Å²) in [5, 5.41) is 8.87. The summed E-state index contributed by atoms with van der Waals surface area (Å²) in [6.45, 7) is 3.54. The first-order valence-electron chi connectivity index (χ1n) is 5.84. The molecule has 1 N–H and O–H groups in total. The zero-order valence-electron chi connectivity index (χ0n) is 9.97. The Morgan fingerprint density at radius 3 is 2.82 bits per heavy atom. The topological polar surface area (TPSA) is 40.5 Å². The van der Waals surface area contributed by atoms with E-state index in [4.69, 9.17) is 5.11 Å². The van der Waals surface area contributed by atoms with E-state index in [0.29, 0.717) is 13.1 Å². The van der Waals surface area contributed by atoms with Crippen LogP contribution in [0.1, 0.15) is 11.1 Å². The van der Waals surface area contributed by atoms with Crippen molar-refractivity contribution in [3.05, 3.63) is 41.5 Å². The first kappa shape index (κ1) is 11.9. The fraction of sp³-hybridized carbons (Fsp3) is 0.357. The number of amides is 1. The van der Waals surface area contributed by atoms with Gasteiger partial charge in [-0.05, 0) is 24.1 Å². The van der Waals surface area contributed by atoms with Crippen molar-refractivity contribution in [1.82, 2.24) is 4.90 Å². The summed E-state index contributed by atoms with van der Waals surface area (Å²) >= 11 is 0. The molecule has 0 saturated carbocycles. The van der Waals surface area contributed by atoms with E-state index in [1.54, 1.807) is 11.0 Å². The number of carbonyl (C=O) groups excluding carboxylic acids is 1. The molecule has 3 nitrogen and oxygen atoms in total. The van der Waals surface area contributed by atoms with Crippen molar-refractivity contribution in [3.8, 4) is 0 Å². The Bertz CT molecular complexity index is 434. The van der Waals surface area contributed by atoms with E-state index in [2.05, 4.69) is 0 Å². The summed E-state index contributed by atoms with van der Waals surface area (Å²) in [5.74, 6) is 0.295. The minimum Gasteiger partial charge on any atom is -0.396 e. The molecule has 2 rings (SSSR count). The number of aliphatic hydroxyl groups is 1. The van der Waals surface area contributed by atoms with E-state index in [0.717, 1.165) is 11.1 Å². The molecule has 0 aromatic heterocycles. The SMILES string of the molecule is Cc1ccccc1C=CC(=O)N1CC(CO)C1. The van der Waals surface area contributed by atoms with Gasteiger partial charge in [-0.1, -0.05) is 24.3 Å². The molecule has 3 heteroatoms. The number of likely N-dealkylation sites (tertiary alicyclic amines) is 1. The van der Waals surface area contributed by atoms with E-state index in [1.165, 1.54) is 0 Å². The van der Waals surface area contributed by atoms with Crippen LogP contribution in [-0.4, -0.2) is 35.6 Å². The normalized spacial score (nSPS) is 16.2. The second-order valence-electron chi connectivity index (χ2n) is 4.48. The second-order valence-corrected chi connectivity index (χ2v) is 4.48. The van der Waals surface area contributed by atoms with Crippen LogP contribution in [0, 0.1) is 12.8 Å². The maximum Gasteiger partial charge on any atom is 0.246 e. The highest BCUT2D eigenvalue weighted by molar-refractivity contribution is 5.92. The summed E-state index contributed by atoms with van der Waals surface area (Å²) < 4.78 is 0. The minimum absolute atomic E-state index is 0.0259. The molecule has 0 atom stereocenters. The lowest BCUT2D eigenvalue weighted by molar-refractivity contribution is -0.132. The lowest BCUT2D eigenvalue weighted by Crippen LogP contribution is -2.50. The monoisotopic (exact) mass is 231 g/mol. The molecule has 1 amide bonds. The Labute approximate surface area is 101 Å². The quantitative estimate of drug-likeness (QED) is 0.800. The molecule has 90 valence electrons. The number of aliphatic hydroxyl groups excluding tert-OH is 1. The predicted octanol–water partition coefficient (Wildman–Crippen LogP) is 1.46. The van der Waals surface area contributed by atoms with Crippen molar-refractivity contribution in [2.75, 3.05) is 19.7 Å². The van der Waals surface area contributed by atoms with Crippen LogP contribution in [0.15, 0.2) is 30.3 Å². The van der Waals surface area contributed by atoms with Gasteiger partial charge in [0.2, 0.25) is 5.91 Å². The molecule has 1 aliphatic rings. The van der Waals surface area contributed by atoms with Gasteiger partial charge in [-0.25, -0.2) is 0 Å². The number of hydrogen-bond acceptors (Lipinski definition) is 2. The third-order valence-electron chi connectivity index (χ3n) is 3.12. The number of carbonyl (C=O) groups is 1. The van der Waals surface area contributed by atoms with E-state index in [1.807, 2.05) is 37.3 Å².